The number of likely N-dealkylation sites (tertiary alicyclic amines) is 1. The number of amides is 1. The fourth-order valence-electron chi connectivity index (χ4n) is 4.71. The third kappa shape index (κ3) is 6.67. The number of rotatable bonds is 12. The van der Waals surface area contributed by atoms with Crippen molar-refractivity contribution < 1.29 is 14.7 Å². The number of hydrogen-bond acceptors (Lipinski definition) is 3. The summed E-state index contributed by atoms with van der Waals surface area (Å²) in [6.07, 6.45) is 10.4. The molecule has 1 amide bonds. The summed E-state index contributed by atoms with van der Waals surface area (Å²) in [5.41, 5.74) is 2.75. The third-order valence-electron chi connectivity index (χ3n) is 6.35. The lowest BCUT2D eigenvalue weighted by Gasteiger charge is -2.42. The zero-order valence-electron chi connectivity index (χ0n) is 19.0. The van der Waals surface area contributed by atoms with Gasteiger partial charge in [0.25, 0.3) is 0 Å². The Morgan fingerprint density at radius 3 is 2.38 bits per heavy atom. The lowest BCUT2D eigenvalue weighted by molar-refractivity contribution is -0.107. The summed E-state index contributed by atoms with van der Waals surface area (Å²) in [7, 11) is 0. The molecule has 0 saturated carbocycles. The van der Waals surface area contributed by atoms with E-state index in [1.807, 2.05) is 54.6 Å². The summed E-state index contributed by atoms with van der Waals surface area (Å²) in [4.78, 5) is 26.9. The maximum absolute atomic E-state index is 12.5. The monoisotopic (exact) mass is 436 g/mol. The van der Waals surface area contributed by atoms with Gasteiger partial charge < -0.3 is 9.90 Å². The van der Waals surface area contributed by atoms with Crippen LogP contribution in [0.2, 0.25) is 0 Å². The highest BCUT2D eigenvalue weighted by Gasteiger charge is 2.33. The Morgan fingerprint density at radius 2 is 1.62 bits per heavy atom. The van der Waals surface area contributed by atoms with Gasteiger partial charge in [0.05, 0.1) is 11.9 Å². The molecule has 2 aromatic carbocycles. The van der Waals surface area contributed by atoms with Crippen molar-refractivity contribution >= 4 is 18.1 Å². The summed E-state index contributed by atoms with van der Waals surface area (Å²) in [5.74, 6) is 0. The van der Waals surface area contributed by atoms with E-state index in [-0.39, 0.29) is 6.17 Å². The number of hydrogen-bond donors (Lipinski definition) is 1. The van der Waals surface area contributed by atoms with Crippen LogP contribution in [0.1, 0.15) is 64.2 Å². The molecule has 5 nitrogen and oxygen atoms in total. The molecule has 1 saturated heterocycles. The highest BCUT2D eigenvalue weighted by atomic mass is 16.4. The van der Waals surface area contributed by atoms with Crippen LogP contribution in [0.25, 0.3) is 11.1 Å². The molecule has 0 bridgehead atoms. The standard InChI is InChI=1S/C27H36N2O3/c30-22-14-5-3-1-2-4-12-20-28-21-13-11-19-26(28)29(27(31)32)25-18-10-9-17-24(25)23-15-7-6-8-16-23/h6-10,15-18,22,26H,1-5,11-14,19-21H2,(H,31,32). The van der Waals surface area contributed by atoms with Crippen molar-refractivity contribution in [1.29, 1.82) is 0 Å². The van der Waals surface area contributed by atoms with E-state index in [1.54, 1.807) is 4.90 Å². The van der Waals surface area contributed by atoms with Crippen LogP contribution in [0, 0.1) is 0 Å². The molecular formula is C27H36N2O3. The van der Waals surface area contributed by atoms with Crippen LogP contribution >= 0.6 is 0 Å². The second-order valence-corrected chi connectivity index (χ2v) is 8.62. The predicted molar refractivity (Wildman–Crippen MR) is 130 cm³/mol. The van der Waals surface area contributed by atoms with Gasteiger partial charge in [0.1, 0.15) is 6.29 Å². The van der Waals surface area contributed by atoms with Crippen LogP contribution < -0.4 is 4.90 Å². The van der Waals surface area contributed by atoms with Crippen molar-refractivity contribution in [3.63, 3.8) is 0 Å². The normalized spacial score (nSPS) is 16.6. The molecule has 172 valence electrons. The molecule has 1 heterocycles. The first-order valence-corrected chi connectivity index (χ1v) is 12.1. The summed E-state index contributed by atoms with van der Waals surface area (Å²) in [6, 6.07) is 17.9. The van der Waals surface area contributed by atoms with E-state index in [0.717, 1.165) is 81.1 Å². The molecular weight excluding hydrogens is 400 g/mol. The van der Waals surface area contributed by atoms with Crippen molar-refractivity contribution in [3.05, 3.63) is 54.6 Å². The highest BCUT2D eigenvalue weighted by Crippen LogP contribution is 2.34. The van der Waals surface area contributed by atoms with E-state index in [4.69, 9.17) is 0 Å². The average molecular weight is 437 g/mol. The van der Waals surface area contributed by atoms with Gasteiger partial charge >= 0.3 is 6.09 Å². The van der Waals surface area contributed by atoms with Gasteiger partial charge in [0.2, 0.25) is 0 Å². The minimum absolute atomic E-state index is 0.126. The zero-order valence-corrected chi connectivity index (χ0v) is 19.0. The number of para-hydroxylation sites is 1. The van der Waals surface area contributed by atoms with Crippen molar-refractivity contribution in [3.8, 4) is 11.1 Å². The van der Waals surface area contributed by atoms with E-state index >= 15 is 0 Å². The fourth-order valence-corrected chi connectivity index (χ4v) is 4.71. The van der Waals surface area contributed by atoms with Crippen LogP contribution in [0.4, 0.5) is 10.5 Å². The number of carboxylic acid groups (broad SMARTS) is 1. The molecule has 1 aliphatic rings. The Balaban J connectivity index is 1.69. The number of carbonyl (C=O) groups excluding carboxylic acids is 1. The molecule has 1 unspecified atom stereocenters. The Kier molecular flexibility index (Phi) is 9.76. The first-order valence-electron chi connectivity index (χ1n) is 12.1. The quantitative estimate of drug-likeness (QED) is 0.301. The van der Waals surface area contributed by atoms with E-state index in [0.29, 0.717) is 6.42 Å². The van der Waals surface area contributed by atoms with E-state index < -0.39 is 6.09 Å². The maximum Gasteiger partial charge on any atom is 0.413 e. The van der Waals surface area contributed by atoms with Crippen molar-refractivity contribution in [1.82, 2.24) is 4.90 Å². The molecule has 3 rings (SSSR count). The molecule has 0 radical (unpaired) electrons. The molecule has 1 aliphatic heterocycles. The summed E-state index contributed by atoms with van der Waals surface area (Å²) in [5, 5.41) is 10.3. The van der Waals surface area contributed by atoms with Crippen LogP contribution in [-0.4, -0.2) is 41.6 Å². The van der Waals surface area contributed by atoms with Gasteiger partial charge in [0.15, 0.2) is 0 Å². The number of carbonyl (C=O) groups is 2. The first kappa shape index (κ1) is 24.0. The van der Waals surface area contributed by atoms with Crippen molar-refractivity contribution in [2.75, 3.05) is 18.0 Å². The number of nitrogens with zero attached hydrogens (tertiary/aromatic N) is 2. The highest BCUT2D eigenvalue weighted by molar-refractivity contribution is 5.93. The molecule has 0 aromatic heterocycles. The molecule has 1 atom stereocenters. The molecule has 0 spiro atoms. The molecule has 2 aromatic rings. The topological polar surface area (TPSA) is 60.9 Å². The van der Waals surface area contributed by atoms with Gasteiger partial charge in [-0.1, -0.05) is 74.2 Å². The smallest absolute Gasteiger partial charge is 0.413 e. The minimum atomic E-state index is -0.888. The van der Waals surface area contributed by atoms with Crippen LogP contribution in [0.5, 0.6) is 0 Å². The Bertz CT molecular complexity index is 840. The molecule has 1 N–H and O–H groups in total. The second-order valence-electron chi connectivity index (χ2n) is 8.62. The zero-order chi connectivity index (χ0) is 22.6. The largest absolute Gasteiger partial charge is 0.465 e. The van der Waals surface area contributed by atoms with Crippen LogP contribution in [0.3, 0.4) is 0 Å². The number of aldehydes is 1. The number of unbranched alkanes of at least 4 members (excludes halogenated alkanes) is 6. The lowest BCUT2D eigenvalue weighted by atomic mass is 10.0. The van der Waals surface area contributed by atoms with Gasteiger partial charge in [0, 0.05) is 25.1 Å². The van der Waals surface area contributed by atoms with Crippen LogP contribution in [0.15, 0.2) is 54.6 Å². The van der Waals surface area contributed by atoms with E-state index in [2.05, 4.69) is 4.90 Å². The molecule has 1 fully saturated rings. The maximum atomic E-state index is 12.5. The summed E-state index contributed by atoms with van der Waals surface area (Å²) >= 11 is 0. The molecule has 32 heavy (non-hydrogen) atoms. The Labute approximate surface area is 192 Å². The minimum Gasteiger partial charge on any atom is -0.465 e. The summed E-state index contributed by atoms with van der Waals surface area (Å²) < 4.78 is 0. The van der Waals surface area contributed by atoms with Gasteiger partial charge in [-0.2, -0.15) is 0 Å². The van der Waals surface area contributed by atoms with E-state index in [9.17, 15) is 14.7 Å². The first-order chi connectivity index (χ1) is 15.7. The predicted octanol–water partition coefficient (Wildman–Crippen LogP) is 6.58. The molecule has 5 heteroatoms. The van der Waals surface area contributed by atoms with Crippen LogP contribution in [-0.2, 0) is 4.79 Å². The number of benzene rings is 2. The fraction of sp³-hybridized carbons (Fsp3) is 0.481. The number of piperidine rings is 1. The van der Waals surface area contributed by atoms with Gasteiger partial charge in [-0.05, 0) is 43.7 Å². The third-order valence-corrected chi connectivity index (χ3v) is 6.35. The Morgan fingerprint density at radius 1 is 0.938 bits per heavy atom. The number of anilines is 1. The van der Waals surface area contributed by atoms with Gasteiger partial charge in [-0.25, -0.2) is 4.79 Å². The molecule has 0 aliphatic carbocycles. The Hall–Kier alpha value is -2.66. The lowest BCUT2D eigenvalue weighted by Crippen LogP contribution is -2.53. The summed E-state index contributed by atoms with van der Waals surface area (Å²) in [6.45, 7) is 1.87. The van der Waals surface area contributed by atoms with Crippen molar-refractivity contribution in [2.24, 2.45) is 0 Å². The SMILES string of the molecule is O=CCCCCCCCCN1CCCCC1N(C(=O)O)c1ccccc1-c1ccccc1. The van der Waals surface area contributed by atoms with E-state index in [1.165, 1.54) is 12.8 Å². The van der Waals surface area contributed by atoms with Gasteiger partial charge in [-0.15, -0.1) is 0 Å². The van der Waals surface area contributed by atoms with Crippen molar-refractivity contribution in [2.45, 2.75) is 70.4 Å². The second kappa shape index (κ2) is 13.0. The average Bonchev–Trinajstić information content (AvgIpc) is 2.82. The van der Waals surface area contributed by atoms with Gasteiger partial charge in [-0.3, -0.25) is 9.80 Å².